The first-order chi connectivity index (χ1) is 61.0. The zero-order valence-electron chi connectivity index (χ0n) is 66.8. The summed E-state index contributed by atoms with van der Waals surface area (Å²) in [5.74, 6) is 0. The molecule has 2 atom stereocenters. The lowest BCUT2D eigenvalue weighted by Gasteiger charge is -2.34. The average molecular weight is 1690 g/mol. The van der Waals surface area contributed by atoms with Crippen molar-refractivity contribution in [3.8, 4) is 0 Å². The molecule has 7 heterocycles. The second-order valence-electron chi connectivity index (χ2n) is 30.2. The zero-order chi connectivity index (χ0) is 83.3. The van der Waals surface area contributed by atoms with E-state index in [1.807, 2.05) is 60.7 Å². The summed E-state index contributed by atoms with van der Waals surface area (Å²) in [6.45, 7) is 1.96. The lowest BCUT2D eigenvalue weighted by atomic mass is 10.1. The number of aromatic nitrogens is 6. The zero-order valence-corrected chi connectivity index (χ0v) is 69.5. The summed E-state index contributed by atoms with van der Waals surface area (Å²) in [6.07, 6.45) is 0. The van der Waals surface area contributed by atoms with Gasteiger partial charge in [0.05, 0.1) is 72.2 Å². The molecular weight excluding hydrogens is 1620 g/mol. The van der Waals surface area contributed by atoms with Crippen LogP contribution < -0.4 is 0 Å². The molecule has 0 bridgehead atoms. The van der Waals surface area contributed by atoms with E-state index in [0.717, 1.165) is 131 Å². The van der Waals surface area contributed by atoms with Crippen LogP contribution in [-0.4, -0.2) is 76.9 Å². The molecule has 0 amide bonds. The lowest BCUT2D eigenvalue weighted by Crippen LogP contribution is -2.14. The standard InChI is InChI=1S/C96H78N15O10P3/c112-110(113)71-47-41-67(42-48-71)97-99-69-45-51-95-83(65-69)81-29-9-19-39-93(81)108(95)57-63-120-123(118-61-55-106-89-35-15-5-25-77(89)78-26-6-16-36-90(78)106)101-122(116-59-53-104-85-31-11-1-21-73(85)74-22-2-12-32-86(74)104,117-60-54-105-87-33-13-3-23-75(87)76-24-4-14-34-88(76)105)102-124(103-123,119-62-56-107-91-37-17-7-27-79(91)80-28-8-18-38-92(80)107)121-64-58-109-94-40-20-10-30-82(94)84-66-70(46-52-96(84)109)100-98-68-43-49-72(50-44-68)111(114)115/h1-52,65-66H,53-64H2. The fourth-order valence-corrected chi connectivity index (χ4v) is 27.0. The number of nitro groups is 2. The summed E-state index contributed by atoms with van der Waals surface area (Å²) in [6, 6.07) is 107. The first-order valence-corrected chi connectivity index (χ1v) is 45.6. The molecule has 0 saturated heterocycles. The molecular formula is C96H78N15O10P3. The van der Waals surface area contributed by atoms with E-state index in [4.69, 9.17) is 40.7 Å². The topological polar surface area (TPSA) is 258 Å². The van der Waals surface area contributed by atoms with Gasteiger partial charge in [0.2, 0.25) is 0 Å². The Morgan fingerprint density at radius 3 is 0.597 bits per heavy atom. The Morgan fingerprint density at radius 2 is 0.395 bits per heavy atom. The maximum absolute atomic E-state index is 11.6. The molecule has 2 unspecified atom stereocenters. The molecule has 0 N–H and O–H groups in total. The summed E-state index contributed by atoms with van der Waals surface area (Å²) < 4.78 is 78.0. The van der Waals surface area contributed by atoms with E-state index in [1.54, 1.807) is 24.3 Å². The number of fused-ring (bicyclic) bond motifs is 18. The summed E-state index contributed by atoms with van der Waals surface area (Å²) in [5.41, 5.74) is 13.8. The van der Waals surface area contributed by atoms with E-state index in [-0.39, 0.29) is 64.1 Å². The molecule has 25 nitrogen and oxygen atoms in total. The smallest absolute Gasteiger partial charge is 0.338 e. The van der Waals surface area contributed by atoms with Gasteiger partial charge < -0.3 is 54.5 Å². The van der Waals surface area contributed by atoms with E-state index in [0.29, 0.717) is 48.9 Å². The number of nitrogens with zero attached hydrogens (tertiary/aromatic N) is 15. The van der Waals surface area contributed by atoms with E-state index < -0.39 is 32.8 Å². The predicted molar refractivity (Wildman–Crippen MR) is 495 cm³/mol. The Kier molecular flexibility index (Phi) is 20.6. The molecule has 0 radical (unpaired) electrons. The van der Waals surface area contributed by atoms with Crippen molar-refractivity contribution >= 4 is 188 Å². The average Bonchev–Trinajstić information content (AvgIpc) is 1.07. The minimum absolute atomic E-state index is 0.0215. The van der Waals surface area contributed by atoms with E-state index >= 15 is 0 Å². The van der Waals surface area contributed by atoms with Crippen molar-refractivity contribution < 1.29 is 37.0 Å². The van der Waals surface area contributed by atoms with Gasteiger partial charge in [0, 0.05) is 194 Å². The Balaban J connectivity index is 0.744. The van der Waals surface area contributed by atoms with Crippen LogP contribution in [0.15, 0.2) is 362 Å². The van der Waals surface area contributed by atoms with Crippen LogP contribution in [0.3, 0.4) is 0 Å². The van der Waals surface area contributed by atoms with Crippen LogP contribution in [0.4, 0.5) is 34.1 Å². The SMILES string of the molecule is O=[N+]([O-])c1ccc(N=Nc2ccc3c(c2)c2ccccc2n3CCOP2(OCCn3c4ccccc4c4ccccc43)=NP(OCCn3c4ccccc4c4ccccc43)(OCCn3c4ccccc4c4ccccc43)=NP(OCCn3c4ccccc4c4ccccc43)(OCCn3c4ccccc4c4cc(N=Nc5ccc([N+](=O)[O-])cc5)ccc43)=N2)cc1. The molecule has 1 aliphatic rings. The van der Waals surface area contributed by atoms with Crippen molar-refractivity contribution in [3.05, 3.63) is 348 Å². The minimum atomic E-state index is -4.34. The Labute approximate surface area is 708 Å². The summed E-state index contributed by atoms with van der Waals surface area (Å²) >= 11 is 0. The molecule has 28 heteroatoms. The Hall–Kier alpha value is -13.7. The van der Waals surface area contributed by atoms with Gasteiger partial charge >= 0.3 is 23.0 Å². The molecule has 21 rings (SSSR count). The van der Waals surface area contributed by atoms with E-state index in [1.165, 1.54) is 24.3 Å². The third kappa shape index (κ3) is 14.6. The van der Waals surface area contributed by atoms with Gasteiger partial charge in [-0.25, -0.2) is 0 Å². The van der Waals surface area contributed by atoms with Gasteiger partial charge in [0.25, 0.3) is 11.4 Å². The fraction of sp³-hybridized carbons (Fsp3) is 0.125. The Morgan fingerprint density at radius 1 is 0.226 bits per heavy atom. The minimum Gasteiger partial charge on any atom is -0.338 e. The maximum atomic E-state index is 11.6. The lowest BCUT2D eigenvalue weighted by molar-refractivity contribution is -0.385. The van der Waals surface area contributed by atoms with Gasteiger partial charge in [-0.3, -0.25) is 20.2 Å². The monoisotopic (exact) mass is 1690 g/mol. The molecule has 6 aromatic heterocycles. The molecule has 1 aliphatic heterocycles. The molecule has 0 aliphatic carbocycles. The van der Waals surface area contributed by atoms with Gasteiger partial charge in [-0.05, 0) is 121 Å². The van der Waals surface area contributed by atoms with Crippen LogP contribution in [0.5, 0.6) is 0 Å². The van der Waals surface area contributed by atoms with Crippen molar-refractivity contribution in [3.63, 3.8) is 0 Å². The van der Waals surface area contributed by atoms with Crippen molar-refractivity contribution in [1.82, 2.24) is 27.4 Å². The third-order valence-corrected chi connectivity index (χ3v) is 31.6. The van der Waals surface area contributed by atoms with Crippen molar-refractivity contribution in [2.45, 2.75) is 39.3 Å². The second-order valence-corrected chi connectivity index (χ2v) is 36.8. The normalized spacial score (nSPS) is 15.6. The number of rotatable bonds is 30. The third-order valence-electron chi connectivity index (χ3n) is 23.0. The summed E-state index contributed by atoms with van der Waals surface area (Å²) in [7, 11) is -13.0. The molecule has 612 valence electrons. The van der Waals surface area contributed by atoms with Crippen LogP contribution in [0.25, 0.3) is 131 Å². The van der Waals surface area contributed by atoms with Gasteiger partial charge in [0.15, 0.2) is 0 Å². The highest BCUT2D eigenvalue weighted by Crippen LogP contribution is 2.81. The van der Waals surface area contributed by atoms with Crippen LogP contribution in [0, 0.1) is 20.2 Å². The number of nitro benzene ring substituents is 2. The number of hydrogen-bond donors (Lipinski definition) is 0. The van der Waals surface area contributed by atoms with E-state index in [2.05, 4.69) is 266 Å². The quantitative estimate of drug-likeness (QED) is 0.0178. The highest BCUT2D eigenvalue weighted by molar-refractivity contribution is 7.78. The molecule has 0 fully saturated rings. The van der Waals surface area contributed by atoms with Crippen molar-refractivity contribution in [2.75, 3.05) is 39.6 Å². The number of hydrogen-bond acceptors (Lipinski definition) is 17. The second kappa shape index (κ2) is 32.9. The summed E-state index contributed by atoms with van der Waals surface area (Å²) in [4.78, 5) is 22.2. The van der Waals surface area contributed by atoms with Gasteiger partial charge in [-0.2, -0.15) is 20.5 Å². The Bertz CT molecular complexity index is 7220. The number of para-hydroxylation sites is 10. The largest absolute Gasteiger partial charge is 0.349 e. The van der Waals surface area contributed by atoms with Gasteiger partial charge in [-0.1, -0.05) is 182 Å². The van der Waals surface area contributed by atoms with Crippen LogP contribution >= 0.6 is 23.0 Å². The van der Waals surface area contributed by atoms with Gasteiger partial charge in [-0.15, -0.1) is 13.5 Å². The molecule has 14 aromatic carbocycles. The fourth-order valence-electron chi connectivity index (χ4n) is 17.6. The highest BCUT2D eigenvalue weighted by Gasteiger charge is 2.44. The number of azo groups is 2. The van der Waals surface area contributed by atoms with E-state index in [9.17, 15) is 20.2 Å². The molecule has 20 aromatic rings. The first-order valence-electron chi connectivity index (χ1n) is 41.0. The van der Waals surface area contributed by atoms with Crippen LogP contribution in [0.1, 0.15) is 0 Å². The van der Waals surface area contributed by atoms with Crippen LogP contribution in [0.2, 0.25) is 0 Å². The molecule has 0 saturated carbocycles. The number of non-ortho nitro benzene ring substituents is 2. The number of benzene rings is 14. The van der Waals surface area contributed by atoms with Gasteiger partial charge in [0.1, 0.15) is 0 Å². The van der Waals surface area contributed by atoms with Crippen molar-refractivity contribution in [1.29, 1.82) is 0 Å². The maximum Gasteiger partial charge on any atom is 0.349 e. The predicted octanol–water partition coefficient (Wildman–Crippen LogP) is 27.4. The van der Waals surface area contributed by atoms with Crippen molar-refractivity contribution in [2.24, 2.45) is 34.0 Å². The van der Waals surface area contributed by atoms with Crippen LogP contribution in [-0.2, 0) is 66.4 Å². The molecule has 0 spiro atoms. The highest BCUT2D eigenvalue weighted by atomic mass is 31.3. The first kappa shape index (κ1) is 77.6. The summed E-state index contributed by atoms with van der Waals surface area (Å²) in [5, 5.41) is 53.9. The molecule has 124 heavy (non-hydrogen) atoms.